The molecule has 0 N–H and O–H groups in total. The largest absolute Gasteiger partial charge is 0.491 e. The Hall–Kier alpha value is -1.35. The Balaban J connectivity index is 0.00000289. The molecule has 0 bridgehead atoms. The minimum Gasteiger partial charge on any atom is -0.491 e. The van der Waals surface area contributed by atoms with E-state index < -0.39 is 5.79 Å². The van der Waals surface area contributed by atoms with Crippen molar-refractivity contribution in [3.63, 3.8) is 0 Å². The number of halogens is 1. The highest BCUT2D eigenvalue weighted by Gasteiger charge is 2.43. The molecule has 0 aromatic heterocycles. The average molecular weight is 552 g/mol. The Morgan fingerprint density at radius 3 is 2.41 bits per heavy atom. The molecule has 0 aliphatic carbocycles. The number of likely N-dealkylation sites (N-methyl/N-ethyl adjacent to an activating group) is 1. The lowest BCUT2D eigenvalue weighted by Gasteiger charge is -2.34. The molecule has 0 spiro atoms. The second-order valence-electron chi connectivity index (χ2n) is 8.97. The molecule has 0 amide bonds. The molecule has 2 aromatic carbocycles. The third-order valence-corrected chi connectivity index (χ3v) is 6.37. The van der Waals surface area contributed by atoms with E-state index in [1.807, 2.05) is 0 Å². The van der Waals surface area contributed by atoms with Gasteiger partial charge in [-0.15, -0.1) is 24.0 Å². The van der Waals surface area contributed by atoms with Gasteiger partial charge in [0.05, 0.1) is 6.61 Å². The third kappa shape index (κ3) is 5.76. The maximum absolute atomic E-state index is 6.49. The van der Waals surface area contributed by atoms with Crippen LogP contribution in [0.15, 0.2) is 42.5 Å². The lowest BCUT2D eigenvalue weighted by atomic mass is 9.95. The Morgan fingerprint density at radius 1 is 1.03 bits per heavy atom. The van der Waals surface area contributed by atoms with Crippen LogP contribution in [0.5, 0.6) is 5.75 Å². The molecule has 2 heterocycles. The molecular weight excluding hydrogens is 515 g/mol. The van der Waals surface area contributed by atoms with Crippen molar-refractivity contribution < 1.29 is 14.2 Å². The second-order valence-corrected chi connectivity index (χ2v) is 8.97. The molecule has 0 saturated carbocycles. The molecule has 2 aliphatic heterocycles. The summed E-state index contributed by atoms with van der Waals surface area (Å²) in [5.74, 6) is 0.215. The van der Waals surface area contributed by atoms with E-state index in [1.54, 1.807) is 0 Å². The minimum absolute atomic E-state index is 0. The van der Waals surface area contributed by atoms with E-state index in [0.29, 0.717) is 13.2 Å². The number of benzene rings is 2. The molecule has 2 saturated heterocycles. The van der Waals surface area contributed by atoms with Gasteiger partial charge in [0.1, 0.15) is 18.5 Å². The Morgan fingerprint density at radius 2 is 1.75 bits per heavy atom. The fraction of sp³-hybridized carbons (Fsp3) is 0.538. The van der Waals surface area contributed by atoms with Crippen molar-refractivity contribution in [1.82, 2.24) is 4.90 Å². The van der Waals surface area contributed by atoms with E-state index >= 15 is 0 Å². The first-order valence-corrected chi connectivity index (χ1v) is 11.5. The van der Waals surface area contributed by atoms with E-state index in [0.717, 1.165) is 50.3 Å². The standard InChI is InChI=1S/C26H36N2O3.HI/c1-5-12-26(25-11-6-20(2)17-21(25)3)30-19-24(31-26)18-29-23-9-7-22(8-10-23)28-15-13-27(4)14-16-28;/h6-11,17,24H,5,12-16,18-19H2,1-4H3;1H/t24-,26-;/m1./s1. The molecule has 2 aliphatic rings. The van der Waals surface area contributed by atoms with Gasteiger partial charge in [-0.1, -0.05) is 37.1 Å². The Kier molecular flexibility index (Phi) is 8.83. The van der Waals surface area contributed by atoms with Crippen LogP contribution in [-0.2, 0) is 15.3 Å². The number of ether oxygens (including phenoxy) is 3. The molecule has 2 aromatic rings. The first-order valence-electron chi connectivity index (χ1n) is 11.5. The summed E-state index contributed by atoms with van der Waals surface area (Å²) in [4.78, 5) is 4.80. The Labute approximate surface area is 210 Å². The van der Waals surface area contributed by atoms with E-state index in [-0.39, 0.29) is 30.1 Å². The molecule has 5 nitrogen and oxygen atoms in total. The highest BCUT2D eigenvalue weighted by atomic mass is 127. The number of piperazine rings is 1. The molecule has 176 valence electrons. The molecule has 0 radical (unpaired) electrons. The van der Waals surface area contributed by atoms with Crippen LogP contribution in [0.3, 0.4) is 0 Å². The summed E-state index contributed by atoms with van der Waals surface area (Å²) in [6.07, 6.45) is 1.76. The lowest BCUT2D eigenvalue weighted by Crippen LogP contribution is -2.44. The highest BCUT2D eigenvalue weighted by molar-refractivity contribution is 14.0. The zero-order chi connectivity index (χ0) is 21.8. The summed E-state index contributed by atoms with van der Waals surface area (Å²) in [5.41, 5.74) is 4.87. The van der Waals surface area contributed by atoms with Gasteiger partial charge in [0.25, 0.3) is 0 Å². The quantitative estimate of drug-likeness (QED) is 0.446. The van der Waals surface area contributed by atoms with Gasteiger partial charge >= 0.3 is 0 Å². The van der Waals surface area contributed by atoms with Crippen LogP contribution in [0, 0.1) is 13.8 Å². The van der Waals surface area contributed by atoms with Gasteiger partial charge in [-0.25, -0.2) is 0 Å². The van der Waals surface area contributed by atoms with Gasteiger partial charge in [0, 0.05) is 43.9 Å². The van der Waals surface area contributed by atoms with E-state index in [4.69, 9.17) is 14.2 Å². The first-order chi connectivity index (χ1) is 15.0. The predicted octanol–water partition coefficient (Wildman–Crippen LogP) is 5.12. The second kappa shape index (κ2) is 11.2. The van der Waals surface area contributed by atoms with Crippen molar-refractivity contribution in [2.24, 2.45) is 0 Å². The molecular formula is C26H37IN2O3. The van der Waals surface area contributed by atoms with Crippen LogP contribution < -0.4 is 9.64 Å². The van der Waals surface area contributed by atoms with Crippen molar-refractivity contribution in [3.8, 4) is 5.75 Å². The minimum atomic E-state index is -0.661. The van der Waals surface area contributed by atoms with Gasteiger partial charge in [-0.2, -0.15) is 0 Å². The van der Waals surface area contributed by atoms with Crippen molar-refractivity contribution >= 4 is 29.7 Å². The average Bonchev–Trinajstić information content (AvgIpc) is 3.17. The van der Waals surface area contributed by atoms with Crippen LogP contribution in [0.1, 0.15) is 36.5 Å². The summed E-state index contributed by atoms with van der Waals surface area (Å²) >= 11 is 0. The molecule has 2 fully saturated rings. The summed E-state index contributed by atoms with van der Waals surface area (Å²) < 4.78 is 18.8. The van der Waals surface area contributed by atoms with Crippen LogP contribution in [0.25, 0.3) is 0 Å². The van der Waals surface area contributed by atoms with Crippen LogP contribution >= 0.6 is 24.0 Å². The topological polar surface area (TPSA) is 34.2 Å². The molecule has 2 atom stereocenters. The van der Waals surface area contributed by atoms with Crippen molar-refractivity contribution in [3.05, 3.63) is 59.2 Å². The summed E-state index contributed by atoms with van der Waals surface area (Å²) in [6.45, 7) is 11.8. The SMILES string of the molecule is CCC[C@@]1(c2ccc(C)cc2C)OC[C@@H](COc2ccc(N3CCN(C)CC3)cc2)O1.I. The summed E-state index contributed by atoms with van der Waals surface area (Å²) in [6, 6.07) is 14.9. The molecule has 6 heteroatoms. The third-order valence-electron chi connectivity index (χ3n) is 6.37. The van der Waals surface area contributed by atoms with Crippen LogP contribution in [-0.4, -0.2) is 57.4 Å². The van der Waals surface area contributed by atoms with Crippen molar-refractivity contribution in [2.75, 3.05) is 51.3 Å². The molecule has 32 heavy (non-hydrogen) atoms. The normalized spacial score (nSPS) is 23.8. The monoisotopic (exact) mass is 552 g/mol. The van der Waals surface area contributed by atoms with Crippen LogP contribution in [0.4, 0.5) is 5.69 Å². The van der Waals surface area contributed by atoms with Gasteiger partial charge in [-0.3, -0.25) is 0 Å². The van der Waals surface area contributed by atoms with Gasteiger partial charge < -0.3 is 24.0 Å². The maximum atomic E-state index is 6.49. The zero-order valence-electron chi connectivity index (χ0n) is 19.8. The number of rotatable bonds is 7. The number of hydrogen-bond acceptors (Lipinski definition) is 5. The lowest BCUT2D eigenvalue weighted by molar-refractivity contribution is -0.184. The fourth-order valence-corrected chi connectivity index (χ4v) is 4.63. The van der Waals surface area contributed by atoms with Gasteiger partial charge in [-0.05, 0) is 50.7 Å². The van der Waals surface area contributed by atoms with Gasteiger partial charge in [0.15, 0.2) is 5.79 Å². The predicted molar refractivity (Wildman–Crippen MR) is 140 cm³/mol. The summed E-state index contributed by atoms with van der Waals surface area (Å²) in [7, 11) is 2.18. The fourth-order valence-electron chi connectivity index (χ4n) is 4.63. The van der Waals surface area contributed by atoms with E-state index in [1.165, 1.54) is 16.8 Å². The molecule has 0 unspecified atom stereocenters. The smallest absolute Gasteiger partial charge is 0.195 e. The van der Waals surface area contributed by atoms with Gasteiger partial charge in [0.2, 0.25) is 0 Å². The van der Waals surface area contributed by atoms with E-state index in [2.05, 4.69) is 80.1 Å². The maximum Gasteiger partial charge on any atom is 0.195 e. The highest BCUT2D eigenvalue weighted by Crippen LogP contribution is 2.40. The number of nitrogens with zero attached hydrogens (tertiary/aromatic N) is 2. The van der Waals surface area contributed by atoms with Crippen molar-refractivity contribution in [2.45, 2.75) is 45.5 Å². The number of aryl methyl sites for hydroxylation is 2. The summed E-state index contributed by atoms with van der Waals surface area (Å²) in [5, 5.41) is 0. The van der Waals surface area contributed by atoms with Crippen LogP contribution in [0.2, 0.25) is 0 Å². The van der Waals surface area contributed by atoms with Crippen molar-refractivity contribution in [1.29, 1.82) is 0 Å². The Bertz CT molecular complexity index is 868. The van der Waals surface area contributed by atoms with E-state index in [9.17, 15) is 0 Å². The first kappa shape index (κ1) is 25.3. The zero-order valence-corrected chi connectivity index (χ0v) is 22.1. The molecule has 4 rings (SSSR count). The number of hydrogen-bond donors (Lipinski definition) is 0. The number of anilines is 1.